The molecule has 0 heterocycles. The average Bonchev–Trinajstić information content (AvgIpc) is 3.32. The predicted octanol–water partition coefficient (Wildman–Crippen LogP) is 7.18. The molecule has 0 aliphatic heterocycles. The van der Waals surface area contributed by atoms with Crippen LogP contribution in [0.2, 0.25) is 9.26 Å². The maximum absolute atomic E-state index is 13.9. The summed E-state index contributed by atoms with van der Waals surface area (Å²) in [7, 11) is 0. The summed E-state index contributed by atoms with van der Waals surface area (Å²) >= 11 is -3.53. The van der Waals surface area contributed by atoms with E-state index in [2.05, 4.69) is 40.4 Å². The van der Waals surface area contributed by atoms with Gasteiger partial charge < -0.3 is 0 Å². The Labute approximate surface area is 192 Å². The number of hydrogen-bond acceptors (Lipinski definition) is 0. The van der Waals surface area contributed by atoms with Gasteiger partial charge >= 0.3 is 168 Å². The number of benzene rings is 2. The quantitative estimate of drug-likeness (QED) is 0.359. The molecular formula is C24H26Cl2F2SiZr. The first-order chi connectivity index (χ1) is 13.2. The minimum absolute atomic E-state index is 0. The van der Waals surface area contributed by atoms with Gasteiger partial charge in [0.05, 0.1) is 0 Å². The summed E-state index contributed by atoms with van der Waals surface area (Å²) in [5.74, 6) is -0.403. The van der Waals surface area contributed by atoms with Gasteiger partial charge in [-0.15, -0.1) is 24.8 Å². The van der Waals surface area contributed by atoms with Crippen molar-refractivity contribution in [3.63, 3.8) is 0 Å². The molecule has 2 aromatic rings. The maximum atomic E-state index is 13.9. The van der Waals surface area contributed by atoms with Crippen LogP contribution in [0.25, 0.3) is 11.1 Å². The Morgan fingerprint density at radius 1 is 0.733 bits per heavy atom. The van der Waals surface area contributed by atoms with Gasteiger partial charge in [-0.25, -0.2) is 0 Å². The summed E-state index contributed by atoms with van der Waals surface area (Å²) in [5, 5.41) is 0. The van der Waals surface area contributed by atoms with E-state index >= 15 is 0 Å². The van der Waals surface area contributed by atoms with Crippen molar-refractivity contribution in [2.24, 2.45) is 0 Å². The van der Waals surface area contributed by atoms with Crippen molar-refractivity contribution in [1.29, 1.82) is 0 Å². The number of rotatable bonds is 4. The Kier molecular flexibility index (Phi) is 7.73. The molecule has 0 saturated carbocycles. The summed E-state index contributed by atoms with van der Waals surface area (Å²) in [6, 6.07) is 13.8. The topological polar surface area (TPSA) is 0 Å². The number of allylic oxidation sites excluding steroid dienone is 8. The molecule has 6 heteroatoms. The van der Waals surface area contributed by atoms with Crippen LogP contribution in [0.5, 0.6) is 0 Å². The third kappa shape index (κ3) is 4.58. The molecule has 0 saturated heterocycles. The van der Waals surface area contributed by atoms with Crippen LogP contribution in [0.15, 0.2) is 79.4 Å². The van der Waals surface area contributed by atoms with Crippen molar-refractivity contribution in [3.05, 3.63) is 102 Å². The van der Waals surface area contributed by atoms with Crippen molar-refractivity contribution < 1.29 is 26.2 Å². The van der Waals surface area contributed by atoms with Crippen molar-refractivity contribution in [1.82, 2.24) is 0 Å². The van der Waals surface area contributed by atoms with Gasteiger partial charge in [-0.05, 0) is 0 Å². The van der Waals surface area contributed by atoms with E-state index in [1.807, 2.05) is 12.1 Å². The standard InChI is InChI=1S/2C11H8F.2CH3.2ClH.H2Si.Zr/c2*12-11-7-3-6-10(8-11)9-4-1-2-5-9;;;;;;/h2*1,3-4,6-8H,2H2;2*1H3;2*1H;1H2;. The Bertz CT molecular complexity index is 1080. The minimum atomic E-state index is -3.53. The molecular weight excluding hydrogens is 516 g/mol. The van der Waals surface area contributed by atoms with E-state index in [1.165, 1.54) is 29.8 Å². The Morgan fingerprint density at radius 2 is 1.13 bits per heavy atom. The molecule has 0 amide bonds. The Balaban J connectivity index is 0.00000160. The van der Waals surface area contributed by atoms with E-state index in [9.17, 15) is 8.78 Å². The summed E-state index contributed by atoms with van der Waals surface area (Å²) < 4.78 is 35.6. The number of hydrogen-bond donors (Lipinski definition) is 0. The van der Waals surface area contributed by atoms with Gasteiger partial charge in [0.25, 0.3) is 0 Å². The fourth-order valence-corrected chi connectivity index (χ4v) is 18.6. The monoisotopic (exact) mass is 540 g/mol. The first-order valence-electron chi connectivity index (χ1n) is 9.64. The molecule has 4 rings (SSSR count). The molecule has 2 aliphatic rings. The van der Waals surface area contributed by atoms with Gasteiger partial charge in [-0.3, -0.25) is 0 Å². The van der Waals surface area contributed by atoms with Crippen LogP contribution < -0.4 is 0 Å². The molecule has 158 valence electrons. The van der Waals surface area contributed by atoms with E-state index in [1.54, 1.807) is 24.3 Å². The van der Waals surface area contributed by atoms with Crippen LogP contribution in [0.3, 0.4) is 0 Å². The summed E-state index contributed by atoms with van der Waals surface area (Å²) in [5.41, 5.74) is 4.28. The zero-order chi connectivity index (χ0) is 20.0. The van der Waals surface area contributed by atoms with E-state index in [4.69, 9.17) is 0 Å². The molecule has 0 aromatic heterocycles. The summed E-state index contributed by atoms with van der Waals surface area (Å²) in [6.45, 7) is 2.18. The molecule has 0 nitrogen and oxygen atoms in total. The molecule has 0 unspecified atom stereocenters. The molecule has 0 atom stereocenters. The van der Waals surface area contributed by atoms with Crippen LogP contribution >= 0.6 is 24.8 Å². The van der Waals surface area contributed by atoms with E-state index in [0.29, 0.717) is 0 Å². The SMILES string of the molecule is Cl.Cl.[CH3][Zr]([CH3])(=[SiH2])([C]1=C(c2cccc(F)c2)C=CC1)[C]1=C(c2cccc(F)c2)C=CC1. The molecule has 0 fully saturated rings. The van der Waals surface area contributed by atoms with Gasteiger partial charge in [0.15, 0.2) is 0 Å². The third-order valence-electron chi connectivity index (χ3n) is 6.07. The summed E-state index contributed by atoms with van der Waals surface area (Å²) in [4.78, 5) is 0. The first kappa shape index (κ1) is 25.2. The third-order valence-corrected chi connectivity index (χ3v) is 23.0. The zero-order valence-electron chi connectivity index (χ0n) is 17.1. The normalized spacial score (nSPS) is 16.0. The van der Waals surface area contributed by atoms with Gasteiger partial charge in [0, 0.05) is 0 Å². The van der Waals surface area contributed by atoms with Crippen molar-refractivity contribution in [3.8, 4) is 0 Å². The first-order valence-corrected chi connectivity index (χ1v) is 22.9. The van der Waals surface area contributed by atoms with Gasteiger partial charge in [-0.1, -0.05) is 0 Å². The van der Waals surface area contributed by atoms with Gasteiger partial charge in [0.2, 0.25) is 0 Å². The van der Waals surface area contributed by atoms with Crippen LogP contribution in [-0.2, 0) is 17.4 Å². The average molecular weight is 543 g/mol. The van der Waals surface area contributed by atoms with Gasteiger partial charge in [-0.2, -0.15) is 0 Å². The Morgan fingerprint density at radius 3 is 1.50 bits per heavy atom. The van der Waals surface area contributed by atoms with Crippen LogP contribution in [0.1, 0.15) is 24.0 Å². The van der Waals surface area contributed by atoms with Crippen molar-refractivity contribution in [2.75, 3.05) is 0 Å². The molecule has 0 bridgehead atoms. The molecule has 0 spiro atoms. The molecule has 0 radical (unpaired) electrons. The second kappa shape index (κ2) is 9.20. The predicted molar refractivity (Wildman–Crippen MR) is 129 cm³/mol. The van der Waals surface area contributed by atoms with Crippen LogP contribution in [0, 0.1) is 11.6 Å². The van der Waals surface area contributed by atoms with Gasteiger partial charge in [0.1, 0.15) is 0 Å². The van der Waals surface area contributed by atoms with E-state index in [0.717, 1.165) is 24.0 Å². The second-order valence-electron chi connectivity index (χ2n) is 8.70. The van der Waals surface area contributed by atoms with Crippen LogP contribution in [0.4, 0.5) is 8.78 Å². The molecule has 2 aliphatic carbocycles. The van der Waals surface area contributed by atoms with Crippen molar-refractivity contribution >= 4 is 42.8 Å². The summed E-state index contributed by atoms with van der Waals surface area (Å²) in [6.07, 6.45) is 10.6. The fraction of sp³-hybridized carbons (Fsp3) is 0.167. The zero-order valence-corrected chi connectivity index (χ0v) is 22.6. The van der Waals surface area contributed by atoms with E-state index in [-0.39, 0.29) is 36.4 Å². The second-order valence-corrected chi connectivity index (χ2v) is 37.4. The number of halogens is 4. The van der Waals surface area contributed by atoms with Crippen LogP contribution in [-0.4, -0.2) is 6.88 Å². The fourth-order valence-electron chi connectivity index (χ4n) is 4.56. The molecule has 2 aromatic carbocycles. The van der Waals surface area contributed by atoms with Crippen molar-refractivity contribution in [2.45, 2.75) is 22.1 Å². The molecule has 30 heavy (non-hydrogen) atoms. The Hall–Kier alpha value is -1.06. The molecule has 0 N–H and O–H groups in total. The van der Waals surface area contributed by atoms with E-state index < -0.39 is 17.4 Å².